The highest BCUT2D eigenvalue weighted by molar-refractivity contribution is 7.80. The molecule has 0 unspecified atom stereocenters. The molecule has 4 heteroatoms. The van der Waals surface area contributed by atoms with E-state index in [2.05, 4.69) is 12.6 Å². The average molecular weight is 243 g/mol. The molecule has 0 saturated heterocycles. The summed E-state index contributed by atoms with van der Waals surface area (Å²) in [4.78, 5) is 12.2. The zero-order chi connectivity index (χ0) is 10.1. The zero-order valence-corrected chi connectivity index (χ0v) is 9.63. The maximum Gasteiger partial charge on any atom is 0.160 e. The van der Waals surface area contributed by atoms with Gasteiger partial charge < -0.3 is 0 Å². The van der Waals surface area contributed by atoms with E-state index in [-0.39, 0.29) is 0 Å². The van der Waals surface area contributed by atoms with Crippen LogP contribution in [-0.2, 0) is 5.88 Å². The summed E-state index contributed by atoms with van der Waals surface area (Å²) in [5, 5.41) is 1.01. The van der Waals surface area contributed by atoms with E-state index in [9.17, 15) is 4.79 Å². The lowest BCUT2D eigenvalue weighted by Gasteiger charge is -2.00. The lowest BCUT2D eigenvalue weighted by Crippen LogP contribution is -1.80. The van der Waals surface area contributed by atoms with Crippen molar-refractivity contribution in [3.05, 3.63) is 28.6 Å². The summed E-state index contributed by atoms with van der Waals surface area (Å²) in [7, 11) is 0. The van der Waals surface area contributed by atoms with E-state index in [0.717, 1.165) is 31.7 Å². The molecule has 0 aliphatic carbocycles. The topological polar surface area (TPSA) is 17.1 Å². The van der Waals surface area contributed by atoms with Crippen molar-refractivity contribution < 1.29 is 4.79 Å². The van der Waals surface area contributed by atoms with E-state index < -0.39 is 0 Å². The number of fused-ring (bicyclic) bond motifs is 1. The highest BCUT2D eigenvalue weighted by Crippen LogP contribution is 2.32. The number of aldehydes is 1. The molecule has 14 heavy (non-hydrogen) atoms. The monoisotopic (exact) mass is 242 g/mol. The molecule has 72 valence electrons. The van der Waals surface area contributed by atoms with Crippen LogP contribution in [0.2, 0.25) is 0 Å². The fourth-order valence-electron chi connectivity index (χ4n) is 1.33. The van der Waals surface area contributed by atoms with Gasteiger partial charge in [0.15, 0.2) is 6.29 Å². The van der Waals surface area contributed by atoms with Crippen LogP contribution in [0.3, 0.4) is 0 Å². The molecule has 0 spiro atoms. The minimum atomic E-state index is 0.445. The fraction of sp³-hybridized carbons (Fsp3) is 0.100. The van der Waals surface area contributed by atoms with Gasteiger partial charge in [0.1, 0.15) is 0 Å². The van der Waals surface area contributed by atoms with Crippen LogP contribution in [0.1, 0.15) is 15.2 Å². The van der Waals surface area contributed by atoms with Gasteiger partial charge in [-0.2, -0.15) is 0 Å². The molecule has 0 atom stereocenters. The molecule has 1 nitrogen and oxygen atoms in total. The van der Waals surface area contributed by atoms with Gasteiger partial charge in [-0.3, -0.25) is 4.79 Å². The van der Waals surface area contributed by atoms with E-state index >= 15 is 0 Å². The molecule has 2 rings (SSSR count). The predicted molar refractivity (Wildman–Crippen MR) is 64.0 cm³/mol. The fourth-order valence-corrected chi connectivity index (χ4v) is 2.94. The number of thiol groups is 1. The number of alkyl halides is 1. The molecule has 1 heterocycles. The van der Waals surface area contributed by atoms with Gasteiger partial charge in [-0.05, 0) is 17.7 Å². The van der Waals surface area contributed by atoms with Crippen molar-refractivity contribution >= 4 is 51.9 Å². The molecular formula is C10H7ClOS2. The maximum atomic E-state index is 10.6. The first-order valence-corrected chi connectivity index (χ1v) is 5.81. The molecule has 0 fully saturated rings. The number of carbonyl (C=O) groups excluding carboxylic acids is 1. The SMILES string of the molecule is O=Cc1cc2c(S)c(CCl)ccc2s1. The first-order valence-electron chi connectivity index (χ1n) is 4.02. The Bertz CT molecular complexity index is 490. The van der Waals surface area contributed by atoms with Gasteiger partial charge in [0.2, 0.25) is 0 Å². The smallest absolute Gasteiger partial charge is 0.160 e. The molecule has 0 radical (unpaired) electrons. The average Bonchev–Trinajstić information content (AvgIpc) is 2.62. The van der Waals surface area contributed by atoms with Crippen molar-refractivity contribution in [2.75, 3.05) is 0 Å². The summed E-state index contributed by atoms with van der Waals surface area (Å²) in [5.41, 5.74) is 0.998. The Balaban J connectivity index is 2.74. The van der Waals surface area contributed by atoms with Crippen LogP contribution in [0, 0.1) is 0 Å². The van der Waals surface area contributed by atoms with Crippen LogP contribution >= 0.6 is 35.6 Å². The number of rotatable bonds is 2. The summed E-state index contributed by atoms with van der Waals surface area (Å²) in [6.07, 6.45) is 0.859. The number of carbonyl (C=O) groups is 1. The van der Waals surface area contributed by atoms with E-state index in [1.807, 2.05) is 18.2 Å². The molecule has 0 bridgehead atoms. The number of benzene rings is 1. The lowest BCUT2D eigenvalue weighted by molar-refractivity contribution is 0.112. The summed E-state index contributed by atoms with van der Waals surface area (Å²) < 4.78 is 1.07. The van der Waals surface area contributed by atoms with E-state index in [1.54, 1.807) is 0 Å². The highest BCUT2D eigenvalue weighted by Gasteiger charge is 2.07. The number of halogens is 1. The van der Waals surface area contributed by atoms with Gasteiger partial charge >= 0.3 is 0 Å². The molecule has 0 N–H and O–H groups in total. The third-order valence-corrected chi connectivity index (χ3v) is 3.88. The third-order valence-electron chi connectivity index (χ3n) is 2.04. The minimum absolute atomic E-state index is 0.445. The molecule has 0 aliphatic rings. The quantitative estimate of drug-likeness (QED) is 0.482. The minimum Gasteiger partial charge on any atom is -0.297 e. The van der Waals surface area contributed by atoms with Crippen molar-refractivity contribution in [3.63, 3.8) is 0 Å². The van der Waals surface area contributed by atoms with Gasteiger partial charge in [0.25, 0.3) is 0 Å². The van der Waals surface area contributed by atoms with Gasteiger partial charge in [-0.1, -0.05) is 6.07 Å². The van der Waals surface area contributed by atoms with Gasteiger partial charge in [-0.15, -0.1) is 35.6 Å². The number of hydrogen-bond acceptors (Lipinski definition) is 3. The molecular weight excluding hydrogens is 236 g/mol. The van der Waals surface area contributed by atoms with E-state index in [1.165, 1.54) is 11.3 Å². The molecule has 0 aliphatic heterocycles. The van der Waals surface area contributed by atoms with Crippen LogP contribution in [0.4, 0.5) is 0 Å². The van der Waals surface area contributed by atoms with Crippen LogP contribution in [0.5, 0.6) is 0 Å². The third kappa shape index (κ3) is 1.56. The summed E-state index contributed by atoms with van der Waals surface area (Å²) in [5.74, 6) is 0.445. The van der Waals surface area contributed by atoms with Crippen LogP contribution < -0.4 is 0 Å². The first kappa shape index (κ1) is 10.0. The normalized spacial score (nSPS) is 10.7. The largest absolute Gasteiger partial charge is 0.297 e. The summed E-state index contributed by atoms with van der Waals surface area (Å²) in [6.45, 7) is 0. The second-order valence-electron chi connectivity index (χ2n) is 2.89. The van der Waals surface area contributed by atoms with Gasteiger partial charge in [-0.25, -0.2) is 0 Å². The second-order valence-corrected chi connectivity index (χ2v) is 4.72. The van der Waals surface area contributed by atoms with Gasteiger partial charge in [0, 0.05) is 20.9 Å². The summed E-state index contributed by atoms with van der Waals surface area (Å²) >= 11 is 11.6. The number of hydrogen-bond donors (Lipinski definition) is 1. The van der Waals surface area contributed by atoms with Crippen molar-refractivity contribution in [1.29, 1.82) is 0 Å². The summed E-state index contributed by atoms with van der Waals surface area (Å²) in [6, 6.07) is 5.78. The lowest BCUT2D eigenvalue weighted by atomic mass is 10.2. The van der Waals surface area contributed by atoms with E-state index in [0.29, 0.717) is 5.88 Å². The van der Waals surface area contributed by atoms with Crippen molar-refractivity contribution in [2.45, 2.75) is 10.8 Å². The molecule has 0 amide bonds. The Morgan fingerprint density at radius 2 is 2.29 bits per heavy atom. The van der Waals surface area contributed by atoms with E-state index in [4.69, 9.17) is 11.6 Å². The van der Waals surface area contributed by atoms with Crippen LogP contribution in [0.25, 0.3) is 10.1 Å². The standard InChI is InChI=1S/C10H7ClOS2/c11-4-6-1-2-9-8(10(6)13)3-7(5-12)14-9/h1-3,5,13H,4H2. The molecule has 2 aromatic rings. The predicted octanol–water partition coefficient (Wildman–Crippen LogP) is 3.74. The Labute approximate surface area is 96.1 Å². The van der Waals surface area contributed by atoms with Crippen LogP contribution in [0.15, 0.2) is 23.1 Å². The Hall–Kier alpha value is -0.510. The maximum absolute atomic E-state index is 10.6. The van der Waals surface area contributed by atoms with Crippen molar-refractivity contribution in [1.82, 2.24) is 0 Å². The Morgan fingerprint density at radius 1 is 1.50 bits per heavy atom. The highest BCUT2D eigenvalue weighted by atomic mass is 35.5. The first-order chi connectivity index (χ1) is 6.76. The molecule has 0 saturated carbocycles. The van der Waals surface area contributed by atoms with Crippen molar-refractivity contribution in [2.24, 2.45) is 0 Å². The Kier molecular flexibility index (Phi) is 2.81. The van der Waals surface area contributed by atoms with Crippen molar-refractivity contribution in [3.8, 4) is 0 Å². The number of thiophene rings is 1. The Morgan fingerprint density at radius 3 is 2.93 bits per heavy atom. The second kappa shape index (κ2) is 3.93. The molecule has 1 aromatic carbocycles. The zero-order valence-electron chi connectivity index (χ0n) is 7.16. The van der Waals surface area contributed by atoms with Crippen LogP contribution in [-0.4, -0.2) is 6.29 Å². The van der Waals surface area contributed by atoms with Gasteiger partial charge in [0.05, 0.1) is 4.88 Å². The molecule has 1 aromatic heterocycles.